The van der Waals surface area contributed by atoms with Gasteiger partial charge in [0.15, 0.2) is 19.7 Å². The molecule has 1 amide bonds. The number of carbonyl (C=O) groups excluding carboxylic acids is 1. The molecule has 0 aliphatic rings. The van der Waals surface area contributed by atoms with Crippen LogP contribution in [-0.2, 0) is 24.5 Å². The molecule has 0 saturated carbocycles. The molecule has 0 spiro atoms. The molecule has 0 N–H and O–H groups in total. The van der Waals surface area contributed by atoms with Crippen molar-refractivity contribution in [3.05, 3.63) is 0 Å². The monoisotopic (exact) mass is 299 g/mol. The van der Waals surface area contributed by atoms with Gasteiger partial charge in [0.05, 0.1) is 0 Å². The summed E-state index contributed by atoms with van der Waals surface area (Å²) in [6.07, 6.45) is 0. The molecule has 0 aliphatic carbocycles. The second kappa shape index (κ2) is 6.51. The quantitative estimate of drug-likeness (QED) is 0.663. The fourth-order valence-electron chi connectivity index (χ4n) is 1.52. The van der Waals surface area contributed by atoms with Gasteiger partial charge in [-0.05, 0) is 13.8 Å². The summed E-state index contributed by atoms with van der Waals surface area (Å²) < 4.78 is 45.5. The van der Waals surface area contributed by atoms with E-state index in [2.05, 4.69) is 0 Å². The van der Waals surface area contributed by atoms with Crippen molar-refractivity contribution in [1.29, 1.82) is 0 Å². The van der Waals surface area contributed by atoms with E-state index in [1.165, 1.54) is 18.7 Å². The van der Waals surface area contributed by atoms with E-state index >= 15 is 0 Å². The number of rotatable bonds is 7. The van der Waals surface area contributed by atoms with Crippen molar-refractivity contribution in [1.82, 2.24) is 4.90 Å². The second-order valence-corrected chi connectivity index (χ2v) is 8.79. The summed E-state index contributed by atoms with van der Waals surface area (Å²) in [6.45, 7) is 6.59. The highest BCUT2D eigenvalue weighted by molar-refractivity contribution is 8.10. The average Bonchev–Trinajstić information content (AvgIpc) is 2.30. The first-order chi connectivity index (χ1) is 8.17. The average molecular weight is 299 g/mol. The van der Waals surface area contributed by atoms with Crippen LogP contribution in [0, 0.1) is 0 Å². The van der Waals surface area contributed by atoms with E-state index in [0.717, 1.165) is 0 Å². The SMILES string of the molecule is CCN(CC)C(=O)C(S(=O)(=O)CC)S(=O)(=O)CC. The van der Waals surface area contributed by atoms with Crippen molar-refractivity contribution in [3.63, 3.8) is 0 Å². The first-order valence-electron chi connectivity index (χ1n) is 5.89. The first-order valence-corrected chi connectivity index (χ1v) is 9.32. The maximum atomic E-state index is 12.1. The van der Waals surface area contributed by atoms with E-state index < -0.39 is 30.2 Å². The van der Waals surface area contributed by atoms with Crippen molar-refractivity contribution in [3.8, 4) is 0 Å². The molecule has 0 aromatic carbocycles. The molecular formula is C10H21NO5S2. The van der Waals surface area contributed by atoms with Crippen LogP contribution in [0.25, 0.3) is 0 Å². The van der Waals surface area contributed by atoms with E-state index in [-0.39, 0.29) is 24.6 Å². The predicted octanol–water partition coefficient (Wildman–Crippen LogP) is 0.0503. The van der Waals surface area contributed by atoms with E-state index in [9.17, 15) is 21.6 Å². The number of nitrogens with zero attached hydrogens (tertiary/aromatic N) is 1. The number of carbonyl (C=O) groups is 1. The second-order valence-electron chi connectivity index (χ2n) is 3.75. The van der Waals surface area contributed by atoms with Crippen molar-refractivity contribution in [2.75, 3.05) is 24.6 Å². The molecule has 0 heterocycles. The van der Waals surface area contributed by atoms with Gasteiger partial charge in [-0.2, -0.15) is 0 Å². The van der Waals surface area contributed by atoms with Gasteiger partial charge in [0.2, 0.25) is 4.58 Å². The summed E-state index contributed by atoms with van der Waals surface area (Å²) in [6, 6.07) is 0. The molecule has 0 aliphatic heterocycles. The number of hydrogen-bond acceptors (Lipinski definition) is 5. The van der Waals surface area contributed by atoms with Gasteiger partial charge >= 0.3 is 0 Å². The lowest BCUT2D eigenvalue weighted by molar-refractivity contribution is -0.128. The summed E-state index contributed by atoms with van der Waals surface area (Å²) in [7, 11) is -7.95. The summed E-state index contributed by atoms with van der Waals surface area (Å²) in [4.78, 5) is 13.3. The minimum atomic E-state index is -3.97. The van der Waals surface area contributed by atoms with E-state index in [1.54, 1.807) is 13.8 Å². The van der Waals surface area contributed by atoms with Crippen molar-refractivity contribution in [2.24, 2.45) is 0 Å². The zero-order chi connectivity index (χ0) is 14.6. The van der Waals surface area contributed by atoms with Gasteiger partial charge in [-0.3, -0.25) is 4.79 Å². The van der Waals surface area contributed by atoms with Crippen LogP contribution in [0.4, 0.5) is 0 Å². The highest BCUT2D eigenvalue weighted by Crippen LogP contribution is 2.15. The molecule has 0 unspecified atom stereocenters. The van der Waals surface area contributed by atoms with Crippen LogP contribution in [0.5, 0.6) is 0 Å². The van der Waals surface area contributed by atoms with Crippen molar-refractivity contribution >= 4 is 25.6 Å². The maximum absolute atomic E-state index is 12.1. The van der Waals surface area contributed by atoms with Crippen LogP contribution in [0.1, 0.15) is 27.7 Å². The van der Waals surface area contributed by atoms with E-state index in [4.69, 9.17) is 0 Å². The zero-order valence-electron chi connectivity index (χ0n) is 11.2. The van der Waals surface area contributed by atoms with E-state index in [1.807, 2.05) is 0 Å². The summed E-state index contributed by atoms with van der Waals surface area (Å²) in [5.41, 5.74) is 0. The Balaban J connectivity index is 5.74. The lowest BCUT2D eigenvalue weighted by Crippen LogP contribution is -2.48. The minimum Gasteiger partial charge on any atom is -0.341 e. The largest absolute Gasteiger partial charge is 0.341 e. The Morgan fingerprint density at radius 2 is 1.22 bits per heavy atom. The summed E-state index contributed by atoms with van der Waals surface area (Å²) in [5, 5.41) is 0. The molecule has 0 radical (unpaired) electrons. The molecule has 8 heteroatoms. The van der Waals surface area contributed by atoms with Gasteiger partial charge in [-0.15, -0.1) is 0 Å². The highest BCUT2D eigenvalue weighted by Gasteiger charge is 2.43. The van der Waals surface area contributed by atoms with Gasteiger partial charge in [0.25, 0.3) is 5.91 Å². The first kappa shape index (κ1) is 17.4. The smallest absolute Gasteiger partial charge is 0.256 e. The molecule has 0 saturated heterocycles. The molecule has 108 valence electrons. The summed E-state index contributed by atoms with van der Waals surface area (Å²) >= 11 is 0. The normalized spacial score (nSPS) is 12.7. The Morgan fingerprint density at radius 3 is 1.44 bits per heavy atom. The van der Waals surface area contributed by atoms with Crippen LogP contribution >= 0.6 is 0 Å². The topological polar surface area (TPSA) is 88.6 Å². The molecule has 0 aromatic heterocycles. The number of amides is 1. The van der Waals surface area contributed by atoms with Gasteiger partial charge in [-0.1, -0.05) is 13.8 Å². The van der Waals surface area contributed by atoms with Gasteiger partial charge in [0.1, 0.15) is 0 Å². The van der Waals surface area contributed by atoms with Crippen molar-refractivity contribution in [2.45, 2.75) is 32.3 Å². The van der Waals surface area contributed by atoms with Gasteiger partial charge in [0, 0.05) is 24.6 Å². The predicted molar refractivity (Wildman–Crippen MR) is 70.6 cm³/mol. The zero-order valence-corrected chi connectivity index (χ0v) is 12.8. The fourth-order valence-corrected chi connectivity index (χ4v) is 5.64. The Labute approximate surface area is 109 Å². The number of sulfone groups is 2. The van der Waals surface area contributed by atoms with Crippen LogP contribution in [0.3, 0.4) is 0 Å². The lowest BCUT2D eigenvalue weighted by Gasteiger charge is -2.24. The Bertz CT molecular complexity index is 442. The molecule has 18 heavy (non-hydrogen) atoms. The molecular weight excluding hydrogens is 278 g/mol. The molecule has 6 nitrogen and oxygen atoms in total. The summed E-state index contributed by atoms with van der Waals surface area (Å²) in [5.74, 6) is -1.59. The highest BCUT2D eigenvalue weighted by atomic mass is 32.3. The fraction of sp³-hybridized carbons (Fsp3) is 0.900. The van der Waals surface area contributed by atoms with Gasteiger partial charge < -0.3 is 4.90 Å². The van der Waals surface area contributed by atoms with Crippen LogP contribution in [0.15, 0.2) is 0 Å². The maximum Gasteiger partial charge on any atom is 0.256 e. The Kier molecular flexibility index (Phi) is 6.28. The molecule has 0 rings (SSSR count). The van der Waals surface area contributed by atoms with Crippen molar-refractivity contribution < 1.29 is 21.6 Å². The minimum absolute atomic E-state index is 0.282. The molecule has 0 fully saturated rings. The van der Waals surface area contributed by atoms with Gasteiger partial charge in [-0.25, -0.2) is 16.8 Å². The molecule has 0 aromatic rings. The Hall–Kier alpha value is -0.630. The van der Waals surface area contributed by atoms with E-state index in [0.29, 0.717) is 0 Å². The third-order valence-electron chi connectivity index (χ3n) is 2.73. The molecule has 0 atom stereocenters. The Morgan fingerprint density at radius 1 is 0.889 bits per heavy atom. The van der Waals surface area contributed by atoms with Crippen LogP contribution in [0.2, 0.25) is 0 Å². The van der Waals surface area contributed by atoms with Crippen LogP contribution < -0.4 is 0 Å². The molecule has 0 bridgehead atoms. The standard InChI is InChI=1S/C10H21NO5S2/c1-5-11(6-2)9(12)10(17(13,14)7-3)18(15,16)8-4/h10H,5-8H2,1-4H3. The van der Waals surface area contributed by atoms with Crippen LogP contribution in [-0.4, -0.2) is 56.8 Å². The lowest BCUT2D eigenvalue weighted by atomic mass is 10.5. The third kappa shape index (κ3) is 3.68. The third-order valence-corrected chi connectivity index (χ3v) is 7.81. The number of hydrogen-bond donors (Lipinski definition) is 0.